The highest BCUT2D eigenvalue weighted by Crippen LogP contribution is 2.38. The van der Waals surface area contributed by atoms with Crippen molar-refractivity contribution in [1.29, 1.82) is 0 Å². The van der Waals surface area contributed by atoms with Crippen molar-refractivity contribution in [3.8, 4) is 0 Å². The summed E-state index contributed by atoms with van der Waals surface area (Å²) in [6.07, 6.45) is 0.718. The lowest BCUT2D eigenvalue weighted by Crippen LogP contribution is -2.45. The predicted octanol–water partition coefficient (Wildman–Crippen LogP) is 2.99. The third-order valence-electron chi connectivity index (χ3n) is 4.29. The number of rotatable bonds is 2. The van der Waals surface area contributed by atoms with Gasteiger partial charge in [0.05, 0.1) is 5.92 Å². The second-order valence-electron chi connectivity index (χ2n) is 5.75. The minimum absolute atomic E-state index is 0.292. The highest BCUT2D eigenvalue weighted by Gasteiger charge is 2.45. The van der Waals surface area contributed by atoms with Crippen molar-refractivity contribution in [2.24, 2.45) is 5.92 Å². The maximum absolute atomic E-state index is 11.3. The molecule has 1 unspecified atom stereocenters. The first-order valence-electron chi connectivity index (χ1n) is 6.41. The number of benzene rings is 1. The fourth-order valence-electron chi connectivity index (χ4n) is 2.87. The lowest BCUT2D eigenvalue weighted by atomic mass is 9.88. The summed E-state index contributed by atoms with van der Waals surface area (Å²) in [5, 5.41) is 9.29. The first-order chi connectivity index (χ1) is 8.34. The summed E-state index contributed by atoms with van der Waals surface area (Å²) in [6.45, 7) is 9.04. The number of hydrogen-bond donors (Lipinski definition) is 1. The number of anilines is 1. The predicted molar refractivity (Wildman–Crippen MR) is 73.1 cm³/mol. The molecule has 3 heteroatoms. The normalized spacial score (nSPS) is 22.2. The molecule has 1 aliphatic rings. The van der Waals surface area contributed by atoms with E-state index in [0.29, 0.717) is 0 Å². The molecule has 1 heterocycles. The molecule has 0 amide bonds. The number of aliphatic carboxylic acids is 1. The fraction of sp³-hybridized carbons (Fsp3) is 0.533. The first kappa shape index (κ1) is 12.9. The SMILES string of the molecule is Cc1ccc(N2CCC(C(=O)O)C2(C)C)cc1C. The summed E-state index contributed by atoms with van der Waals surface area (Å²) in [5.41, 5.74) is 3.33. The monoisotopic (exact) mass is 247 g/mol. The number of aryl methyl sites for hydroxylation is 2. The summed E-state index contributed by atoms with van der Waals surface area (Å²) in [4.78, 5) is 13.5. The van der Waals surface area contributed by atoms with E-state index >= 15 is 0 Å². The first-order valence-corrected chi connectivity index (χ1v) is 6.41. The molecule has 0 bridgehead atoms. The zero-order chi connectivity index (χ0) is 13.5. The molecule has 1 N–H and O–H groups in total. The molecule has 0 saturated carbocycles. The molecule has 0 spiro atoms. The molecule has 0 radical (unpaired) electrons. The molecule has 98 valence electrons. The van der Waals surface area contributed by atoms with Crippen molar-refractivity contribution in [3.05, 3.63) is 29.3 Å². The average Bonchev–Trinajstić information content (AvgIpc) is 2.58. The van der Waals surface area contributed by atoms with Gasteiger partial charge in [-0.15, -0.1) is 0 Å². The van der Waals surface area contributed by atoms with E-state index in [-0.39, 0.29) is 11.5 Å². The summed E-state index contributed by atoms with van der Waals surface area (Å²) in [6, 6.07) is 6.35. The van der Waals surface area contributed by atoms with Gasteiger partial charge in [0.25, 0.3) is 0 Å². The standard InChI is InChI=1S/C15H21NO2/c1-10-5-6-12(9-11(10)2)16-8-7-13(14(17)18)15(16,3)4/h5-6,9,13H,7-8H2,1-4H3,(H,17,18). The molecule has 1 aliphatic heterocycles. The Morgan fingerprint density at radius 3 is 2.50 bits per heavy atom. The van der Waals surface area contributed by atoms with E-state index in [1.807, 2.05) is 13.8 Å². The molecular formula is C15H21NO2. The Kier molecular flexibility index (Phi) is 3.09. The van der Waals surface area contributed by atoms with Crippen LogP contribution in [0.2, 0.25) is 0 Å². The molecule has 3 nitrogen and oxygen atoms in total. The van der Waals surface area contributed by atoms with Crippen molar-refractivity contribution in [1.82, 2.24) is 0 Å². The summed E-state index contributed by atoms with van der Waals surface area (Å²) in [7, 11) is 0. The van der Waals surface area contributed by atoms with E-state index in [1.54, 1.807) is 0 Å². The molecule has 1 aromatic rings. The highest BCUT2D eigenvalue weighted by molar-refractivity contribution is 5.74. The molecular weight excluding hydrogens is 226 g/mol. The third kappa shape index (κ3) is 1.98. The van der Waals surface area contributed by atoms with Gasteiger partial charge < -0.3 is 10.0 Å². The molecule has 18 heavy (non-hydrogen) atoms. The Labute approximate surface area is 108 Å². The lowest BCUT2D eigenvalue weighted by molar-refractivity contribution is -0.142. The number of hydrogen-bond acceptors (Lipinski definition) is 2. The van der Waals surface area contributed by atoms with Gasteiger partial charge in [0, 0.05) is 17.8 Å². The van der Waals surface area contributed by atoms with Crippen LogP contribution in [0.25, 0.3) is 0 Å². The van der Waals surface area contributed by atoms with Gasteiger partial charge in [-0.1, -0.05) is 6.07 Å². The second kappa shape index (κ2) is 4.30. The van der Waals surface area contributed by atoms with Gasteiger partial charge in [0.1, 0.15) is 0 Å². The lowest BCUT2D eigenvalue weighted by Gasteiger charge is -2.36. The molecule has 1 saturated heterocycles. The van der Waals surface area contributed by atoms with Crippen LogP contribution in [-0.4, -0.2) is 23.2 Å². The Balaban J connectivity index is 2.34. The van der Waals surface area contributed by atoms with E-state index in [1.165, 1.54) is 11.1 Å². The molecule has 0 aromatic heterocycles. The van der Waals surface area contributed by atoms with E-state index in [9.17, 15) is 9.90 Å². The van der Waals surface area contributed by atoms with Crippen molar-refractivity contribution in [3.63, 3.8) is 0 Å². The average molecular weight is 247 g/mol. The maximum atomic E-state index is 11.3. The molecule has 1 fully saturated rings. The highest BCUT2D eigenvalue weighted by atomic mass is 16.4. The second-order valence-corrected chi connectivity index (χ2v) is 5.75. The number of carbonyl (C=O) groups is 1. The van der Waals surface area contributed by atoms with Crippen LogP contribution in [0.3, 0.4) is 0 Å². The smallest absolute Gasteiger partial charge is 0.308 e. The third-order valence-corrected chi connectivity index (χ3v) is 4.29. The van der Waals surface area contributed by atoms with Gasteiger partial charge in [-0.25, -0.2) is 0 Å². The van der Waals surface area contributed by atoms with E-state index in [2.05, 4.69) is 36.9 Å². The minimum Gasteiger partial charge on any atom is -0.481 e. The van der Waals surface area contributed by atoms with Gasteiger partial charge in [0.2, 0.25) is 0 Å². The van der Waals surface area contributed by atoms with Gasteiger partial charge in [-0.05, 0) is 57.4 Å². The van der Waals surface area contributed by atoms with Crippen molar-refractivity contribution in [2.45, 2.75) is 39.7 Å². The van der Waals surface area contributed by atoms with Crippen LogP contribution in [0.5, 0.6) is 0 Å². The van der Waals surface area contributed by atoms with E-state index in [4.69, 9.17) is 0 Å². The molecule has 1 aromatic carbocycles. The van der Waals surface area contributed by atoms with Crippen molar-refractivity contribution < 1.29 is 9.90 Å². The summed E-state index contributed by atoms with van der Waals surface area (Å²) in [5.74, 6) is -0.981. The maximum Gasteiger partial charge on any atom is 0.308 e. The van der Waals surface area contributed by atoms with Crippen LogP contribution in [0.15, 0.2) is 18.2 Å². The zero-order valence-corrected chi connectivity index (χ0v) is 11.5. The minimum atomic E-state index is -0.689. The largest absolute Gasteiger partial charge is 0.481 e. The van der Waals surface area contributed by atoms with Crippen molar-refractivity contribution >= 4 is 11.7 Å². The Morgan fingerprint density at radius 1 is 1.33 bits per heavy atom. The van der Waals surface area contributed by atoms with Gasteiger partial charge >= 0.3 is 5.97 Å². The number of nitrogens with zero attached hydrogens (tertiary/aromatic N) is 1. The zero-order valence-electron chi connectivity index (χ0n) is 11.5. The van der Waals surface area contributed by atoms with Gasteiger partial charge in [-0.3, -0.25) is 4.79 Å². The summed E-state index contributed by atoms with van der Waals surface area (Å²) >= 11 is 0. The Hall–Kier alpha value is -1.51. The van der Waals surface area contributed by atoms with Crippen LogP contribution in [-0.2, 0) is 4.79 Å². The van der Waals surface area contributed by atoms with Crippen LogP contribution in [0.4, 0.5) is 5.69 Å². The molecule has 0 aliphatic carbocycles. The van der Waals surface area contributed by atoms with E-state index in [0.717, 1.165) is 18.7 Å². The van der Waals surface area contributed by atoms with Crippen LogP contribution < -0.4 is 4.90 Å². The van der Waals surface area contributed by atoms with Crippen molar-refractivity contribution in [2.75, 3.05) is 11.4 Å². The quantitative estimate of drug-likeness (QED) is 0.873. The Bertz CT molecular complexity index is 479. The fourth-order valence-corrected chi connectivity index (χ4v) is 2.87. The van der Waals surface area contributed by atoms with Crippen LogP contribution >= 0.6 is 0 Å². The van der Waals surface area contributed by atoms with Crippen LogP contribution in [0, 0.1) is 19.8 Å². The number of carboxylic acid groups (broad SMARTS) is 1. The number of carboxylic acids is 1. The molecule has 2 rings (SSSR count). The topological polar surface area (TPSA) is 40.5 Å². The van der Waals surface area contributed by atoms with E-state index < -0.39 is 5.97 Å². The molecule has 1 atom stereocenters. The van der Waals surface area contributed by atoms with Crippen LogP contribution in [0.1, 0.15) is 31.4 Å². The van der Waals surface area contributed by atoms with Gasteiger partial charge in [-0.2, -0.15) is 0 Å². The summed E-state index contributed by atoms with van der Waals surface area (Å²) < 4.78 is 0. The Morgan fingerprint density at radius 2 is 2.00 bits per heavy atom. The van der Waals surface area contributed by atoms with Gasteiger partial charge in [0.15, 0.2) is 0 Å².